The second-order valence-corrected chi connectivity index (χ2v) is 6.56. The van der Waals surface area contributed by atoms with Crippen molar-refractivity contribution in [1.82, 2.24) is 0 Å². The summed E-state index contributed by atoms with van der Waals surface area (Å²) in [5.74, 6) is 0.608. The Balaban J connectivity index is 2.40. The number of benzene rings is 1. The number of rotatable bonds is 5. The second-order valence-electron chi connectivity index (χ2n) is 6.56. The van der Waals surface area contributed by atoms with Crippen molar-refractivity contribution < 1.29 is 14.6 Å². The van der Waals surface area contributed by atoms with Gasteiger partial charge >= 0.3 is 0 Å². The number of aliphatic hydroxyl groups excluding tert-OH is 1. The van der Waals surface area contributed by atoms with Gasteiger partial charge in [0.1, 0.15) is 5.75 Å². The van der Waals surface area contributed by atoms with Crippen molar-refractivity contribution in [1.29, 1.82) is 0 Å². The summed E-state index contributed by atoms with van der Waals surface area (Å²) in [6.45, 7) is 8.05. The minimum Gasteiger partial charge on any atom is -0.476 e. The maximum Gasteiger partial charge on any atom is 0.270 e. The van der Waals surface area contributed by atoms with E-state index in [-0.39, 0.29) is 11.9 Å². The smallest absolute Gasteiger partial charge is 0.270 e. The number of nitrogens with zero attached hydrogens (tertiary/aromatic N) is 1. The highest BCUT2D eigenvalue weighted by Gasteiger charge is 2.42. The summed E-state index contributed by atoms with van der Waals surface area (Å²) in [5.41, 5.74) is 6.13. The molecule has 5 heteroatoms. The molecule has 1 unspecified atom stereocenters. The average molecular weight is 306 g/mol. The fourth-order valence-electron chi connectivity index (χ4n) is 2.72. The van der Waals surface area contributed by atoms with Gasteiger partial charge in [0.15, 0.2) is 5.60 Å². The van der Waals surface area contributed by atoms with E-state index in [9.17, 15) is 9.90 Å². The molecule has 3 N–H and O–H groups in total. The van der Waals surface area contributed by atoms with Gasteiger partial charge in [0.2, 0.25) is 0 Å². The summed E-state index contributed by atoms with van der Waals surface area (Å²) < 4.78 is 5.83. The lowest BCUT2D eigenvalue weighted by Gasteiger charge is -2.41. The first kappa shape index (κ1) is 16.8. The summed E-state index contributed by atoms with van der Waals surface area (Å²) in [5, 5.41) is 10.2. The second kappa shape index (κ2) is 6.26. The van der Waals surface area contributed by atoms with E-state index in [1.54, 1.807) is 18.7 Å². The fraction of sp³-hybridized carbons (Fsp3) is 0.588. The number of anilines is 1. The molecular weight excluding hydrogens is 280 g/mol. The Bertz CT molecular complexity index is 555. The predicted molar refractivity (Wildman–Crippen MR) is 87.0 cm³/mol. The molecule has 0 radical (unpaired) electrons. The van der Waals surface area contributed by atoms with Crippen molar-refractivity contribution in [3.63, 3.8) is 0 Å². The molecule has 22 heavy (non-hydrogen) atoms. The molecule has 1 aliphatic rings. The van der Waals surface area contributed by atoms with Crippen LogP contribution in [0.3, 0.4) is 0 Å². The number of amides is 1. The summed E-state index contributed by atoms with van der Waals surface area (Å²) >= 11 is 0. The van der Waals surface area contributed by atoms with Gasteiger partial charge in [-0.25, -0.2) is 0 Å². The topological polar surface area (TPSA) is 75.8 Å². The first-order chi connectivity index (χ1) is 10.3. The largest absolute Gasteiger partial charge is 0.476 e. The predicted octanol–water partition coefficient (Wildman–Crippen LogP) is 2.37. The van der Waals surface area contributed by atoms with Crippen LogP contribution in [-0.2, 0) is 4.79 Å². The van der Waals surface area contributed by atoms with E-state index in [1.165, 1.54) is 0 Å². The van der Waals surface area contributed by atoms with Crippen molar-refractivity contribution in [2.45, 2.75) is 58.3 Å². The van der Waals surface area contributed by atoms with Crippen LogP contribution < -0.4 is 15.4 Å². The third-order valence-electron chi connectivity index (χ3n) is 3.92. The van der Waals surface area contributed by atoms with Crippen LogP contribution in [0, 0.1) is 0 Å². The first-order valence-electron chi connectivity index (χ1n) is 7.82. The fourth-order valence-corrected chi connectivity index (χ4v) is 2.72. The van der Waals surface area contributed by atoms with Gasteiger partial charge in [-0.2, -0.15) is 0 Å². The molecule has 5 nitrogen and oxygen atoms in total. The molecule has 0 saturated carbocycles. The molecule has 1 aromatic carbocycles. The molecule has 0 fully saturated rings. The SMILES string of the molecule is CC(C)N1C(=O)C(C)(C)Oc2ccc(C(O)CCCN)cc21. The minimum atomic E-state index is -0.878. The van der Waals surface area contributed by atoms with Gasteiger partial charge in [-0.05, 0) is 64.8 Å². The third-order valence-corrected chi connectivity index (χ3v) is 3.92. The van der Waals surface area contributed by atoms with Crippen LogP contribution >= 0.6 is 0 Å². The highest BCUT2D eigenvalue weighted by atomic mass is 16.5. The zero-order chi connectivity index (χ0) is 16.5. The highest BCUT2D eigenvalue weighted by Crippen LogP contribution is 2.40. The van der Waals surface area contributed by atoms with E-state index in [4.69, 9.17) is 10.5 Å². The van der Waals surface area contributed by atoms with Crippen molar-refractivity contribution in [3.8, 4) is 5.75 Å². The van der Waals surface area contributed by atoms with Crippen molar-refractivity contribution in [3.05, 3.63) is 23.8 Å². The lowest BCUT2D eigenvalue weighted by Crippen LogP contribution is -2.54. The van der Waals surface area contributed by atoms with Crippen LogP contribution in [0.25, 0.3) is 0 Å². The number of carbonyl (C=O) groups is 1. The van der Waals surface area contributed by atoms with E-state index in [0.29, 0.717) is 18.7 Å². The van der Waals surface area contributed by atoms with E-state index in [1.807, 2.05) is 32.0 Å². The Labute approximate surface area is 132 Å². The molecular formula is C17H26N2O3. The zero-order valence-electron chi connectivity index (χ0n) is 13.8. The van der Waals surface area contributed by atoms with Gasteiger partial charge in [-0.15, -0.1) is 0 Å². The maximum atomic E-state index is 12.6. The summed E-state index contributed by atoms with van der Waals surface area (Å²) in [7, 11) is 0. The lowest BCUT2D eigenvalue weighted by atomic mass is 9.98. The van der Waals surface area contributed by atoms with Gasteiger partial charge in [-0.3, -0.25) is 4.79 Å². The van der Waals surface area contributed by atoms with E-state index >= 15 is 0 Å². The number of hydrogen-bond donors (Lipinski definition) is 2. The van der Waals surface area contributed by atoms with Crippen LogP contribution in [0.5, 0.6) is 5.75 Å². The number of hydrogen-bond acceptors (Lipinski definition) is 4. The quantitative estimate of drug-likeness (QED) is 0.875. The van der Waals surface area contributed by atoms with Crippen molar-refractivity contribution >= 4 is 11.6 Å². The Morgan fingerprint density at radius 2 is 2.05 bits per heavy atom. The maximum absolute atomic E-state index is 12.6. The summed E-state index contributed by atoms with van der Waals surface area (Å²) in [6.07, 6.45) is 0.791. The number of ether oxygens (including phenoxy) is 1. The van der Waals surface area contributed by atoms with Crippen LogP contribution in [0.2, 0.25) is 0 Å². The molecule has 0 spiro atoms. The third kappa shape index (κ3) is 3.10. The molecule has 0 bridgehead atoms. The molecule has 0 aromatic heterocycles. The molecule has 0 aliphatic carbocycles. The van der Waals surface area contributed by atoms with Gasteiger partial charge in [0.05, 0.1) is 11.8 Å². The highest BCUT2D eigenvalue weighted by molar-refractivity contribution is 6.02. The molecule has 2 rings (SSSR count). The Kier molecular flexibility index (Phi) is 4.78. The molecule has 1 amide bonds. The molecule has 0 saturated heterocycles. The Morgan fingerprint density at radius 1 is 1.36 bits per heavy atom. The van der Waals surface area contributed by atoms with E-state index in [2.05, 4.69) is 0 Å². The Hall–Kier alpha value is -1.59. The van der Waals surface area contributed by atoms with Crippen LogP contribution in [0.1, 0.15) is 52.2 Å². The van der Waals surface area contributed by atoms with Crippen LogP contribution in [-0.4, -0.2) is 29.2 Å². The van der Waals surface area contributed by atoms with E-state index < -0.39 is 11.7 Å². The van der Waals surface area contributed by atoms with Crippen LogP contribution in [0.15, 0.2) is 18.2 Å². The summed E-state index contributed by atoms with van der Waals surface area (Å²) in [4.78, 5) is 14.4. The first-order valence-corrected chi connectivity index (χ1v) is 7.82. The van der Waals surface area contributed by atoms with Crippen molar-refractivity contribution in [2.24, 2.45) is 5.73 Å². The average Bonchev–Trinajstić information content (AvgIpc) is 2.44. The van der Waals surface area contributed by atoms with Gasteiger partial charge < -0.3 is 20.5 Å². The normalized spacial score (nSPS) is 18.1. The standard InChI is InChI=1S/C17H26N2O3/c1-11(2)19-13-10-12(14(20)6-5-9-18)7-8-15(13)22-17(3,4)16(19)21/h7-8,10-11,14,20H,5-6,9,18H2,1-4H3. The number of aliphatic hydroxyl groups is 1. The van der Waals surface area contributed by atoms with Gasteiger partial charge in [0.25, 0.3) is 5.91 Å². The molecule has 1 atom stereocenters. The molecule has 1 aromatic rings. The number of carbonyl (C=O) groups excluding carboxylic acids is 1. The monoisotopic (exact) mass is 306 g/mol. The number of nitrogens with two attached hydrogens (primary N) is 1. The molecule has 1 heterocycles. The minimum absolute atomic E-state index is 0.0193. The molecule has 122 valence electrons. The molecule has 1 aliphatic heterocycles. The zero-order valence-corrected chi connectivity index (χ0v) is 13.8. The lowest BCUT2D eigenvalue weighted by molar-refractivity contribution is -0.133. The Morgan fingerprint density at radius 3 is 2.64 bits per heavy atom. The van der Waals surface area contributed by atoms with Crippen LogP contribution in [0.4, 0.5) is 5.69 Å². The number of fused-ring (bicyclic) bond motifs is 1. The van der Waals surface area contributed by atoms with Gasteiger partial charge in [0, 0.05) is 6.04 Å². The van der Waals surface area contributed by atoms with Crippen molar-refractivity contribution in [2.75, 3.05) is 11.4 Å². The summed E-state index contributed by atoms with van der Waals surface area (Å²) in [6, 6.07) is 5.55. The van der Waals surface area contributed by atoms with Gasteiger partial charge in [-0.1, -0.05) is 6.07 Å². The van der Waals surface area contributed by atoms with E-state index in [0.717, 1.165) is 17.7 Å².